The first-order valence-corrected chi connectivity index (χ1v) is 5.46. The third kappa shape index (κ3) is 1.52. The van der Waals surface area contributed by atoms with E-state index in [1.54, 1.807) is 11.3 Å². The van der Waals surface area contributed by atoms with Crippen molar-refractivity contribution < 1.29 is 5.11 Å². The van der Waals surface area contributed by atoms with E-state index in [9.17, 15) is 5.11 Å². The average Bonchev–Trinajstić information content (AvgIpc) is 2.61. The van der Waals surface area contributed by atoms with Gasteiger partial charge in [0.05, 0.1) is 0 Å². The molecule has 0 saturated carbocycles. The minimum absolute atomic E-state index is 0.479. The van der Waals surface area contributed by atoms with Crippen molar-refractivity contribution in [1.82, 2.24) is 4.90 Å². The second kappa shape index (κ2) is 3.08. The quantitative estimate of drug-likeness (QED) is 0.740. The first kappa shape index (κ1) is 9.19. The molecule has 2 nitrogen and oxygen atoms in total. The lowest BCUT2D eigenvalue weighted by Gasteiger charge is -2.20. The third-order valence-electron chi connectivity index (χ3n) is 2.88. The van der Waals surface area contributed by atoms with E-state index in [-0.39, 0.29) is 0 Å². The lowest BCUT2D eigenvalue weighted by molar-refractivity contribution is 0.0523. The van der Waals surface area contributed by atoms with Crippen LogP contribution in [0.15, 0.2) is 17.5 Å². The van der Waals surface area contributed by atoms with Crippen molar-refractivity contribution in [1.29, 1.82) is 0 Å². The second-order valence-electron chi connectivity index (χ2n) is 3.98. The molecule has 2 atom stereocenters. The van der Waals surface area contributed by atoms with E-state index in [2.05, 4.69) is 18.9 Å². The number of nitrogens with zero attached hydrogens (tertiary/aromatic N) is 1. The van der Waals surface area contributed by atoms with Gasteiger partial charge >= 0.3 is 0 Å². The molecule has 2 heterocycles. The maximum atomic E-state index is 10.4. The summed E-state index contributed by atoms with van der Waals surface area (Å²) in [5, 5.41) is 12.4. The Labute approximate surface area is 82.8 Å². The molecule has 2 unspecified atom stereocenters. The Morgan fingerprint density at radius 2 is 2.46 bits per heavy atom. The molecular weight excluding hydrogens is 182 g/mol. The van der Waals surface area contributed by atoms with Crippen LogP contribution in [0.5, 0.6) is 0 Å². The Hall–Kier alpha value is -0.380. The molecule has 0 spiro atoms. The van der Waals surface area contributed by atoms with Gasteiger partial charge in [0.15, 0.2) is 0 Å². The molecule has 1 aromatic heterocycles. The van der Waals surface area contributed by atoms with Crippen molar-refractivity contribution in [3.05, 3.63) is 22.4 Å². The van der Waals surface area contributed by atoms with Crippen molar-refractivity contribution in [2.75, 3.05) is 13.6 Å². The maximum Gasteiger partial charge on any atom is 0.113 e. The first-order valence-electron chi connectivity index (χ1n) is 4.58. The Bertz CT molecular complexity index is 273. The van der Waals surface area contributed by atoms with Gasteiger partial charge in [-0.2, -0.15) is 0 Å². The number of aliphatic hydroxyl groups is 1. The number of rotatable bonds is 1. The minimum Gasteiger partial charge on any atom is -0.383 e. The van der Waals surface area contributed by atoms with E-state index >= 15 is 0 Å². The van der Waals surface area contributed by atoms with E-state index in [4.69, 9.17) is 0 Å². The largest absolute Gasteiger partial charge is 0.383 e. The van der Waals surface area contributed by atoms with Crippen LogP contribution in [0, 0.1) is 0 Å². The fourth-order valence-corrected chi connectivity index (χ4v) is 2.83. The lowest BCUT2D eigenvalue weighted by atomic mass is 9.99. The van der Waals surface area contributed by atoms with Crippen molar-refractivity contribution in [2.45, 2.75) is 25.0 Å². The van der Waals surface area contributed by atoms with Gasteiger partial charge in [-0.05, 0) is 31.8 Å². The highest BCUT2D eigenvalue weighted by molar-refractivity contribution is 7.10. The molecule has 1 N–H and O–H groups in total. The van der Waals surface area contributed by atoms with Gasteiger partial charge in [-0.15, -0.1) is 11.3 Å². The summed E-state index contributed by atoms with van der Waals surface area (Å²) in [6.45, 7) is 2.92. The van der Waals surface area contributed by atoms with Crippen LogP contribution in [0.4, 0.5) is 0 Å². The summed E-state index contributed by atoms with van der Waals surface area (Å²) < 4.78 is 0. The highest BCUT2D eigenvalue weighted by Gasteiger charge is 2.40. The lowest BCUT2D eigenvalue weighted by Crippen LogP contribution is -2.28. The number of likely N-dealkylation sites (N-methyl/N-ethyl adjacent to an activating group) is 1. The number of likely N-dealkylation sites (tertiary alicyclic amines) is 1. The van der Waals surface area contributed by atoms with Crippen LogP contribution in [-0.4, -0.2) is 29.6 Å². The SMILES string of the molecule is CC1CC(O)(c2cccs2)CN1C. The highest BCUT2D eigenvalue weighted by Crippen LogP contribution is 2.36. The van der Waals surface area contributed by atoms with E-state index in [0.717, 1.165) is 17.8 Å². The van der Waals surface area contributed by atoms with E-state index in [1.807, 2.05) is 17.5 Å². The molecule has 0 bridgehead atoms. The van der Waals surface area contributed by atoms with Gasteiger partial charge in [0.2, 0.25) is 0 Å². The van der Waals surface area contributed by atoms with Crippen molar-refractivity contribution in [3.8, 4) is 0 Å². The summed E-state index contributed by atoms with van der Waals surface area (Å²) >= 11 is 1.65. The van der Waals surface area contributed by atoms with Gasteiger partial charge in [0.25, 0.3) is 0 Å². The van der Waals surface area contributed by atoms with E-state index in [0.29, 0.717) is 6.04 Å². The number of β-amino-alcohol motifs (C(OH)–C–C–N with tert-alkyl or cyclic N) is 1. The molecule has 2 rings (SSSR count). The van der Waals surface area contributed by atoms with Crippen LogP contribution < -0.4 is 0 Å². The molecule has 3 heteroatoms. The molecule has 1 aliphatic heterocycles. The van der Waals surface area contributed by atoms with Crippen LogP contribution in [0.1, 0.15) is 18.2 Å². The molecule has 1 aliphatic rings. The van der Waals surface area contributed by atoms with Gasteiger partial charge in [0.1, 0.15) is 5.60 Å². The van der Waals surface area contributed by atoms with Crippen molar-refractivity contribution >= 4 is 11.3 Å². The second-order valence-corrected chi connectivity index (χ2v) is 4.92. The summed E-state index contributed by atoms with van der Waals surface area (Å²) in [5.74, 6) is 0. The van der Waals surface area contributed by atoms with Crippen LogP contribution in [-0.2, 0) is 5.60 Å². The van der Waals surface area contributed by atoms with Crippen LogP contribution in [0.2, 0.25) is 0 Å². The molecular formula is C10H15NOS. The highest BCUT2D eigenvalue weighted by atomic mass is 32.1. The summed E-state index contributed by atoms with van der Waals surface area (Å²) in [6.07, 6.45) is 0.851. The van der Waals surface area contributed by atoms with Gasteiger partial charge < -0.3 is 10.0 Å². The van der Waals surface area contributed by atoms with E-state index in [1.165, 1.54) is 0 Å². The summed E-state index contributed by atoms with van der Waals surface area (Å²) in [4.78, 5) is 3.31. The molecule has 0 amide bonds. The first-order chi connectivity index (χ1) is 6.12. The molecule has 1 saturated heterocycles. The Morgan fingerprint density at radius 1 is 1.69 bits per heavy atom. The zero-order valence-electron chi connectivity index (χ0n) is 8.03. The van der Waals surface area contributed by atoms with Gasteiger partial charge in [-0.25, -0.2) is 0 Å². The predicted molar refractivity (Wildman–Crippen MR) is 54.9 cm³/mol. The van der Waals surface area contributed by atoms with Gasteiger partial charge in [-0.1, -0.05) is 6.07 Å². The predicted octanol–water partition coefficient (Wildman–Crippen LogP) is 1.66. The van der Waals surface area contributed by atoms with Gasteiger partial charge in [-0.3, -0.25) is 0 Å². The van der Waals surface area contributed by atoms with Crippen molar-refractivity contribution in [3.63, 3.8) is 0 Å². The molecule has 0 aromatic carbocycles. The summed E-state index contributed by atoms with van der Waals surface area (Å²) in [7, 11) is 2.07. The van der Waals surface area contributed by atoms with Crippen LogP contribution in [0.25, 0.3) is 0 Å². The van der Waals surface area contributed by atoms with E-state index < -0.39 is 5.60 Å². The zero-order chi connectivity index (χ0) is 9.47. The molecule has 13 heavy (non-hydrogen) atoms. The third-order valence-corrected chi connectivity index (χ3v) is 3.94. The number of hydrogen-bond donors (Lipinski definition) is 1. The molecule has 0 aliphatic carbocycles. The monoisotopic (exact) mass is 197 g/mol. The Morgan fingerprint density at radius 3 is 2.92 bits per heavy atom. The maximum absolute atomic E-state index is 10.4. The normalized spacial score (nSPS) is 35.5. The molecule has 0 radical (unpaired) electrons. The topological polar surface area (TPSA) is 23.5 Å². The van der Waals surface area contributed by atoms with Crippen LogP contribution in [0.3, 0.4) is 0 Å². The molecule has 72 valence electrons. The Kier molecular flexibility index (Phi) is 2.18. The molecule has 1 fully saturated rings. The summed E-state index contributed by atoms with van der Waals surface area (Å²) in [6, 6.07) is 4.50. The minimum atomic E-state index is -0.595. The number of hydrogen-bond acceptors (Lipinski definition) is 3. The zero-order valence-corrected chi connectivity index (χ0v) is 8.84. The molecule has 1 aromatic rings. The fourth-order valence-electron chi connectivity index (χ4n) is 2.00. The standard InChI is InChI=1S/C10H15NOS/c1-8-6-10(12,7-11(8)2)9-4-3-5-13-9/h3-5,8,12H,6-7H2,1-2H3. The van der Waals surface area contributed by atoms with Gasteiger partial charge in [0, 0.05) is 17.5 Å². The average molecular weight is 197 g/mol. The fraction of sp³-hybridized carbons (Fsp3) is 0.600. The smallest absolute Gasteiger partial charge is 0.113 e. The van der Waals surface area contributed by atoms with Crippen LogP contribution >= 0.6 is 11.3 Å². The summed E-state index contributed by atoms with van der Waals surface area (Å²) in [5.41, 5.74) is -0.595. The number of thiophene rings is 1. The Balaban J connectivity index is 2.24. The van der Waals surface area contributed by atoms with Crippen molar-refractivity contribution in [2.24, 2.45) is 0 Å².